The number of ether oxygens (including phenoxy) is 1. The fourth-order valence-electron chi connectivity index (χ4n) is 5.12. The quantitative estimate of drug-likeness (QED) is 0.136. The van der Waals surface area contributed by atoms with Crippen LogP contribution in [0, 0.1) is 18.8 Å². The van der Waals surface area contributed by atoms with Gasteiger partial charge in [0.2, 0.25) is 0 Å². The molecule has 2 aromatic heterocycles. The summed E-state index contributed by atoms with van der Waals surface area (Å²) in [5.74, 6) is 1.21. The molecule has 196 valence electrons. The Bertz CT molecular complexity index is 2050. The molecule has 0 radical (unpaired) electrons. The van der Waals surface area contributed by atoms with Gasteiger partial charge >= 0.3 is 0 Å². The monoisotopic (exact) mass is 697 g/mol. The van der Waals surface area contributed by atoms with E-state index in [0.29, 0.717) is 11.5 Å². The molecule has 0 fully saturated rings. The second-order valence-electron chi connectivity index (χ2n) is 9.41. The van der Waals surface area contributed by atoms with Crippen LogP contribution in [0.3, 0.4) is 0 Å². The number of rotatable bonds is 4. The molecule has 0 saturated carbocycles. The predicted molar refractivity (Wildman–Crippen MR) is 156 cm³/mol. The minimum Gasteiger partial charge on any atom is -0.503 e. The first kappa shape index (κ1) is 24.4. The van der Waals surface area contributed by atoms with Crippen molar-refractivity contribution in [1.29, 1.82) is 0 Å². The number of nitrogens with zero attached hydrogens (tertiary/aromatic N) is 3. The number of anilines is 2. The second kappa shape index (κ2) is 9.85. The van der Waals surface area contributed by atoms with Crippen molar-refractivity contribution < 1.29 is 30.2 Å². The van der Waals surface area contributed by atoms with Crippen LogP contribution in [0.15, 0.2) is 120 Å². The van der Waals surface area contributed by atoms with Crippen molar-refractivity contribution in [3.05, 3.63) is 134 Å². The molecule has 0 atom stereocenters. The van der Waals surface area contributed by atoms with Gasteiger partial charge in [-0.2, -0.15) is 6.07 Å². The van der Waals surface area contributed by atoms with Gasteiger partial charge in [-0.15, -0.1) is 53.5 Å². The van der Waals surface area contributed by atoms with Crippen LogP contribution >= 0.6 is 0 Å². The third kappa shape index (κ3) is 4.11. The Morgan fingerprint density at radius 2 is 1.50 bits per heavy atom. The zero-order valence-electron chi connectivity index (χ0n) is 21.0. The predicted octanol–water partition coefficient (Wildman–Crippen LogP) is 8.59. The number of benzene rings is 5. The second-order valence-corrected chi connectivity index (χ2v) is 9.41. The van der Waals surface area contributed by atoms with Gasteiger partial charge in [-0.1, -0.05) is 54.6 Å². The minimum atomic E-state index is 0. The van der Waals surface area contributed by atoms with E-state index in [1.807, 2.05) is 96.9 Å². The van der Waals surface area contributed by atoms with Gasteiger partial charge in [-0.25, -0.2) is 0 Å². The summed E-state index contributed by atoms with van der Waals surface area (Å²) in [6, 6.07) is 39.0. The topological polar surface area (TPSA) is 41.7 Å². The van der Waals surface area contributed by atoms with E-state index in [1.54, 1.807) is 0 Å². The fourth-order valence-corrected chi connectivity index (χ4v) is 5.12. The molecule has 6 heteroatoms. The van der Waals surface area contributed by atoms with Crippen molar-refractivity contribution in [3.8, 4) is 11.5 Å². The first-order chi connectivity index (χ1) is 19.3. The van der Waals surface area contributed by atoms with Crippen molar-refractivity contribution in [2.75, 3.05) is 9.80 Å². The number of furan rings is 1. The largest absolute Gasteiger partial charge is 0.503 e. The van der Waals surface area contributed by atoms with Crippen LogP contribution in [0.4, 0.5) is 11.4 Å². The average molecular weight is 698 g/mol. The van der Waals surface area contributed by atoms with E-state index in [-0.39, 0.29) is 21.1 Å². The summed E-state index contributed by atoms with van der Waals surface area (Å²) in [5, 5.41) is 4.95. The molecule has 0 unspecified atom stereocenters. The van der Waals surface area contributed by atoms with E-state index in [0.717, 1.165) is 55.0 Å². The Kier molecular flexibility index (Phi) is 6.02. The fraction of sp³-hybridized carbons (Fsp3) is 0. The molecule has 5 nitrogen and oxygen atoms in total. The van der Waals surface area contributed by atoms with Gasteiger partial charge in [0.25, 0.3) is 0 Å². The van der Waals surface area contributed by atoms with Crippen LogP contribution in [-0.4, -0.2) is 4.98 Å². The Labute approximate surface area is 245 Å². The molecule has 3 heterocycles. The van der Waals surface area contributed by atoms with Crippen molar-refractivity contribution >= 4 is 55.0 Å². The molecular formula is C34H20N3O2Pt-3. The van der Waals surface area contributed by atoms with E-state index in [2.05, 4.69) is 47.4 Å². The van der Waals surface area contributed by atoms with Crippen LogP contribution in [0.2, 0.25) is 0 Å². The Morgan fingerprint density at radius 3 is 2.42 bits per heavy atom. The summed E-state index contributed by atoms with van der Waals surface area (Å²) < 4.78 is 12.5. The molecular weight excluding hydrogens is 677 g/mol. The Balaban J connectivity index is 0.00000264. The van der Waals surface area contributed by atoms with E-state index in [1.165, 1.54) is 0 Å². The molecule has 0 bridgehead atoms. The molecule has 1 aliphatic rings. The molecule has 40 heavy (non-hydrogen) atoms. The van der Waals surface area contributed by atoms with E-state index >= 15 is 0 Å². The smallest absolute Gasteiger partial charge is 0.137 e. The maximum absolute atomic E-state index is 6.24. The van der Waals surface area contributed by atoms with Crippen LogP contribution in [0.5, 0.6) is 11.5 Å². The molecule has 5 aromatic carbocycles. The van der Waals surface area contributed by atoms with Crippen LogP contribution in [0.1, 0.15) is 0 Å². The standard InChI is InChI=1S/C34H20N3O2.Pt/c1-2-7-24(8-3-1)36-17-18-37(22-36)25-9-6-10-26(19-25)38-27-15-13-23-14-16-29-33(30(23)20-27)35-21-31-28-11-4-5-12-32(28)39-34(29)31;/h1-18,21-22H;/q-3;. The van der Waals surface area contributed by atoms with Crippen molar-refractivity contribution in [2.24, 2.45) is 0 Å². The first-order valence-electron chi connectivity index (χ1n) is 12.7. The van der Waals surface area contributed by atoms with Gasteiger partial charge in [0.15, 0.2) is 0 Å². The van der Waals surface area contributed by atoms with Crippen molar-refractivity contribution in [2.45, 2.75) is 0 Å². The third-order valence-electron chi connectivity index (χ3n) is 7.02. The van der Waals surface area contributed by atoms with Gasteiger partial charge in [-0.3, -0.25) is 0 Å². The number of para-hydroxylation sites is 2. The van der Waals surface area contributed by atoms with E-state index in [9.17, 15) is 0 Å². The Morgan fingerprint density at radius 1 is 0.700 bits per heavy atom. The van der Waals surface area contributed by atoms with Crippen LogP contribution in [0.25, 0.3) is 43.6 Å². The zero-order valence-corrected chi connectivity index (χ0v) is 23.3. The molecule has 0 N–H and O–H groups in total. The van der Waals surface area contributed by atoms with Gasteiger partial charge < -0.3 is 23.9 Å². The van der Waals surface area contributed by atoms with Crippen LogP contribution in [-0.2, 0) is 21.1 Å². The van der Waals surface area contributed by atoms with E-state index < -0.39 is 0 Å². The Hall–Kier alpha value is -4.60. The van der Waals surface area contributed by atoms with Crippen molar-refractivity contribution in [1.82, 2.24) is 4.98 Å². The number of fused-ring (bicyclic) bond motifs is 7. The average Bonchev–Trinajstić information content (AvgIpc) is 3.63. The molecule has 0 spiro atoms. The van der Waals surface area contributed by atoms with Gasteiger partial charge in [0.05, 0.1) is 0 Å². The molecule has 0 aliphatic carbocycles. The summed E-state index contributed by atoms with van der Waals surface area (Å²) in [4.78, 5) is 8.91. The van der Waals surface area contributed by atoms with Gasteiger partial charge in [0, 0.05) is 60.6 Å². The first-order valence-corrected chi connectivity index (χ1v) is 12.7. The third-order valence-corrected chi connectivity index (χ3v) is 7.02. The number of aromatic nitrogens is 1. The van der Waals surface area contributed by atoms with Crippen LogP contribution < -0.4 is 14.5 Å². The molecule has 7 aromatic rings. The summed E-state index contributed by atoms with van der Waals surface area (Å²) in [5.41, 5.74) is 4.50. The zero-order chi connectivity index (χ0) is 25.8. The van der Waals surface area contributed by atoms with E-state index in [4.69, 9.17) is 14.1 Å². The number of pyridine rings is 1. The summed E-state index contributed by atoms with van der Waals surface area (Å²) in [6.07, 6.45) is 5.91. The summed E-state index contributed by atoms with van der Waals surface area (Å²) >= 11 is 0. The normalized spacial score (nSPS) is 13.0. The SMILES string of the molecule is [Pt].[c-]1c(Oc2[c-]c3c(cc2)ccc2c3ncc3c4ccccc4oc32)cccc1N1C=CN(c2ccccc2)[CH-]1. The minimum absolute atomic E-state index is 0. The molecule has 0 amide bonds. The summed E-state index contributed by atoms with van der Waals surface area (Å²) in [7, 11) is 0. The van der Waals surface area contributed by atoms with Gasteiger partial charge in [0.1, 0.15) is 11.2 Å². The number of hydrogen-bond donors (Lipinski definition) is 0. The van der Waals surface area contributed by atoms with Crippen molar-refractivity contribution in [3.63, 3.8) is 0 Å². The molecule has 8 rings (SSSR count). The maximum atomic E-state index is 6.24. The molecule has 1 aliphatic heterocycles. The van der Waals surface area contributed by atoms with Gasteiger partial charge in [-0.05, 0) is 36.1 Å². The number of hydrogen-bond acceptors (Lipinski definition) is 5. The summed E-state index contributed by atoms with van der Waals surface area (Å²) in [6.45, 7) is 2.02. The maximum Gasteiger partial charge on any atom is 0.137 e. The molecule has 0 saturated heterocycles.